The molecule has 0 unspecified atom stereocenters. The van der Waals surface area contributed by atoms with E-state index in [1.54, 1.807) is 21.0 Å². The summed E-state index contributed by atoms with van der Waals surface area (Å²) < 4.78 is 25.2. The maximum Gasteiger partial charge on any atom is 0.330 e. The first-order valence-corrected chi connectivity index (χ1v) is 13.1. The molecule has 2 heterocycles. The van der Waals surface area contributed by atoms with E-state index in [9.17, 15) is 14.7 Å². The Balaban J connectivity index is 2.50. The summed E-state index contributed by atoms with van der Waals surface area (Å²) in [6.07, 6.45) is -2.22. The first-order valence-electron chi connectivity index (χ1n) is 10.2. The predicted molar refractivity (Wildman–Crippen MR) is 115 cm³/mol. The number of nitrogens with zero attached hydrogens (tertiary/aromatic N) is 1. The number of aromatic amines is 1. The van der Waals surface area contributed by atoms with Crippen molar-refractivity contribution in [2.24, 2.45) is 0 Å². The van der Waals surface area contributed by atoms with Gasteiger partial charge >= 0.3 is 5.69 Å². The van der Waals surface area contributed by atoms with Crippen LogP contribution in [0.4, 0.5) is 0 Å². The number of rotatable bonds is 8. The van der Waals surface area contributed by atoms with E-state index in [0.29, 0.717) is 12.2 Å². The number of H-pyrrole nitrogens is 1. The van der Waals surface area contributed by atoms with Crippen molar-refractivity contribution in [3.8, 4) is 0 Å². The summed E-state index contributed by atoms with van der Waals surface area (Å²) in [4.78, 5) is 26.7. The number of hydrogen-bond donors (Lipinski definition) is 2. The van der Waals surface area contributed by atoms with Gasteiger partial charge in [-0.15, -0.1) is 0 Å². The highest BCUT2D eigenvalue weighted by molar-refractivity contribution is 6.74. The Kier molecular flexibility index (Phi) is 7.87. The Morgan fingerprint density at radius 3 is 2.43 bits per heavy atom. The van der Waals surface area contributed by atoms with Crippen LogP contribution in [0.1, 0.15) is 39.5 Å². The van der Waals surface area contributed by atoms with Gasteiger partial charge in [-0.05, 0) is 32.0 Å². The first kappa shape index (κ1) is 25.0. The minimum atomic E-state index is -2.26. The van der Waals surface area contributed by atoms with Crippen LogP contribution in [-0.2, 0) is 18.6 Å². The van der Waals surface area contributed by atoms with Gasteiger partial charge in [0.2, 0.25) is 0 Å². The maximum absolute atomic E-state index is 12.5. The molecule has 9 nitrogen and oxygen atoms in total. The van der Waals surface area contributed by atoms with Gasteiger partial charge in [-0.25, -0.2) is 4.79 Å². The van der Waals surface area contributed by atoms with E-state index < -0.39 is 50.2 Å². The maximum atomic E-state index is 12.5. The van der Waals surface area contributed by atoms with Crippen molar-refractivity contribution in [3.05, 3.63) is 32.6 Å². The van der Waals surface area contributed by atoms with E-state index in [1.807, 2.05) is 0 Å². The van der Waals surface area contributed by atoms with Gasteiger partial charge < -0.3 is 23.7 Å². The smallest absolute Gasteiger partial charge is 0.330 e. The van der Waals surface area contributed by atoms with E-state index >= 15 is 0 Å². The van der Waals surface area contributed by atoms with Gasteiger partial charge in [-0.2, -0.15) is 0 Å². The molecule has 0 aromatic carbocycles. The average Bonchev–Trinajstić information content (AvgIpc) is 2.95. The van der Waals surface area contributed by atoms with E-state index in [1.165, 1.54) is 10.8 Å². The topological polar surface area (TPSA) is 112 Å². The van der Waals surface area contributed by atoms with Gasteiger partial charge in [0, 0.05) is 18.9 Å². The standard InChI is InChI=1S/C20H36N2O7Si/c1-12-11-22(19(25)21-17(12)24)18-16(27-10-9-26-6)15(14(28-18)13(2)23)29-30(7,8)20(3,4)5/h11,13-16,18,23H,9-10H2,1-8H3,(H,21,24,25)/t13-,14+,15+,16+,18+/m0/s1. The third kappa shape index (κ3) is 5.30. The van der Waals surface area contributed by atoms with E-state index in [2.05, 4.69) is 38.8 Å². The largest absolute Gasteiger partial charge is 0.408 e. The van der Waals surface area contributed by atoms with Gasteiger partial charge in [0.05, 0.1) is 19.3 Å². The SMILES string of the molecule is COCCO[C@@H]1[C@H](O[Si](C)(C)C(C)(C)C)[C@@H]([C@H](C)O)O[C@H]1n1cc(C)c(=O)[nH]c1=O. The van der Waals surface area contributed by atoms with Gasteiger partial charge in [-0.3, -0.25) is 14.3 Å². The summed E-state index contributed by atoms with van der Waals surface area (Å²) in [5.74, 6) is 0. The lowest BCUT2D eigenvalue weighted by Crippen LogP contribution is -2.51. The second-order valence-electron chi connectivity index (χ2n) is 9.38. The van der Waals surface area contributed by atoms with Crippen LogP contribution < -0.4 is 11.2 Å². The highest BCUT2D eigenvalue weighted by Gasteiger charge is 2.53. The molecule has 0 spiro atoms. The molecule has 0 amide bonds. The Morgan fingerprint density at radius 1 is 1.27 bits per heavy atom. The van der Waals surface area contributed by atoms with Crippen molar-refractivity contribution in [2.45, 2.75) is 83.4 Å². The number of aliphatic hydroxyl groups is 1. The average molecular weight is 445 g/mol. The zero-order chi connectivity index (χ0) is 22.9. The summed E-state index contributed by atoms with van der Waals surface area (Å²) in [5, 5.41) is 10.4. The number of ether oxygens (including phenoxy) is 3. The molecular formula is C20H36N2O7Si. The first-order chi connectivity index (χ1) is 13.8. The lowest BCUT2D eigenvalue weighted by Gasteiger charge is -2.41. The molecule has 0 bridgehead atoms. The highest BCUT2D eigenvalue weighted by atomic mass is 28.4. The third-order valence-corrected chi connectivity index (χ3v) is 10.4. The van der Waals surface area contributed by atoms with Crippen LogP contribution in [0.3, 0.4) is 0 Å². The molecule has 0 aliphatic carbocycles. The number of aliphatic hydroxyl groups excluding tert-OH is 1. The highest BCUT2D eigenvalue weighted by Crippen LogP contribution is 2.42. The van der Waals surface area contributed by atoms with Crippen molar-refractivity contribution in [1.82, 2.24) is 9.55 Å². The Morgan fingerprint density at radius 2 is 1.90 bits per heavy atom. The van der Waals surface area contributed by atoms with Gasteiger partial charge in [-0.1, -0.05) is 20.8 Å². The fourth-order valence-electron chi connectivity index (χ4n) is 3.15. The minimum Gasteiger partial charge on any atom is -0.408 e. The molecule has 172 valence electrons. The molecule has 30 heavy (non-hydrogen) atoms. The van der Waals surface area contributed by atoms with Crippen molar-refractivity contribution in [2.75, 3.05) is 20.3 Å². The number of hydrogen-bond acceptors (Lipinski definition) is 7. The zero-order valence-electron chi connectivity index (χ0n) is 19.2. The van der Waals surface area contributed by atoms with Crippen LogP contribution in [-0.4, -0.2) is 67.7 Å². The van der Waals surface area contributed by atoms with Crippen LogP contribution >= 0.6 is 0 Å². The van der Waals surface area contributed by atoms with Crippen LogP contribution in [0.5, 0.6) is 0 Å². The lowest BCUT2D eigenvalue weighted by molar-refractivity contribution is -0.0902. The number of methoxy groups -OCH3 is 1. The van der Waals surface area contributed by atoms with Crippen molar-refractivity contribution >= 4 is 8.32 Å². The molecule has 2 N–H and O–H groups in total. The van der Waals surface area contributed by atoms with Crippen LogP contribution in [0.25, 0.3) is 0 Å². The molecule has 1 fully saturated rings. The Labute approximate surface area is 178 Å². The Bertz CT molecular complexity index is 828. The van der Waals surface area contributed by atoms with Gasteiger partial charge in [0.15, 0.2) is 14.5 Å². The second kappa shape index (κ2) is 9.45. The molecule has 2 rings (SSSR count). The van der Waals surface area contributed by atoms with E-state index in [4.69, 9.17) is 18.6 Å². The molecular weight excluding hydrogens is 408 g/mol. The molecule has 0 saturated carbocycles. The molecule has 1 aromatic heterocycles. The number of aromatic nitrogens is 2. The van der Waals surface area contributed by atoms with Crippen LogP contribution in [0.15, 0.2) is 15.8 Å². The van der Waals surface area contributed by atoms with Crippen molar-refractivity contribution < 1.29 is 23.7 Å². The summed E-state index contributed by atoms with van der Waals surface area (Å²) in [5.41, 5.74) is -0.684. The van der Waals surface area contributed by atoms with Gasteiger partial charge in [0.25, 0.3) is 5.56 Å². The number of nitrogens with one attached hydrogen (secondary N) is 1. The summed E-state index contributed by atoms with van der Waals surface area (Å²) in [7, 11) is -0.685. The second-order valence-corrected chi connectivity index (χ2v) is 14.1. The van der Waals surface area contributed by atoms with Crippen LogP contribution in [0.2, 0.25) is 18.1 Å². The fraction of sp³-hybridized carbons (Fsp3) is 0.800. The normalized spacial score (nSPS) is 26.2. The molecule has 1 aliphatic rings. The van der Waals surface area contributed by atoms with Crippen LogP contribution in [0, 0.1) is 6.92 Å². The Hall–Kier alpha value is -1.30. The summed E-state index contributed by atoms with van der Waals surface area (Å²) in [6.45, 7) is 14.5. The monoisotopic (exact) mass is 444 g/mol. The predicted octanol–water partition coefficient (Wildman–Crippen LogP) is 1.55. The molecule has 5 atom stereocenters. The summed E-state index contributed by atoms with van der Waals surface area (Å²) in [6, 6.07) is 0. The molecule has 0 radical (unpaired) electrons. The number of aryl methyl sites for hydroxylation is 1. The van der Waals surface area contributed by atoms with Crippen molar-refractivity contribution in [1.29, 1.82) is 0 Å². The fourth-order valence-corrected chi connectivity index (χ4v) is 4.45. The van der Waals surface area contributed by atoms with E-state index in [0.717, 1.165) is 0 Å². The summed E-state index contributed by atoms with van der Waals surface area (Å²) >= 11 is 0. The minimum absolute atomic E-state index is 0.0726. The van der Waals surface area contributed by atoms with Gasteiger partial charge in [0.1, 0.15) is 18.3 Å². The molecule has 1 aromatic rings. The quantitative estimate of drug-likeness (QED) is 0.462. The lowest BCUT2D eigenvalue weighted by atomic mass is 10.1. The molecule has 1 aliphatic heterocycles. The molecule has 1 saturated heterocycles. The van der Waals surface area contributed by atoms with E-state index in [-0.39, 0.29) is 11.6 Å². The van der Waals surface area contributed by atoms with Crippen molar-refractivity contribution in [3.63, 3.8) is 0 Å². The zero-order valence-corrected chi connectivity index (χ0v) is 20.2. The third-order valence-electron chi connectivity index (χ3n) is 5.96. The molecule has 10 heteroatoms.